The fourth-order valence-electron chi connectivity index (χ4n) is 1.84. The number of pyridine rings is 1. The molecular weight excluding hydrogens is 336 g/mol. The number of benzene rings is 1. The molecule has 1 aromatic carbocycles. The molecule has 1 atom stereocenters. The second kappa shape index (κ2) is 7.10. The highest BCUT2D eigenvalue weighted by Gasteiger charge is 2.23. The first kappa shape index (κ1) is 17.4. The molecule has 23 heavy (non-hydrogen) atoms. The molecule has 0 aliphatic carbocycles. The number of aromatic nitrogens is 1. The van der Waals surface area contributed by atoms with Crippen LogP contribution in [0.2, 0.25) is 5.02 Å². The van der Waals surface area contributed by atoms with E-state index in [0.29, 0.717) is 17.1 Å². The van der Waals surface area contributed by atoms with E-state index in [1.165, 1.54) is 18.3 Å². The van der Waals surface area contributed by atoms with Gasteiger partial charge in [-0.3, -0.25) is 4.79 Å². The molecule has 0 aliphatic heterocycles. The van der Waals surface area contributed by atoms with Gasteiger partial charge in [-0.25, -0.2) is 13.4 Å². The Kier molecular flexibility index (Phi) is 5.38. The van der Waals surface area contributed by atoms with Gasteiger partial charge in [0, 0.05) is 16.9 Å². The van der Waals surface area contributed by atoms with Gasteiger partial charge in [0.2, 0.25) is 0 Å². The molecule has 1 heterocycles. The molecule has 5 nitrogen and oxygen atoms in total. The molecule has 7 heteroatoms. The van der Waals surface area contributed by atoms with Crippen LogP contribution in [0, 0.1) is 0 Å². The van der Waals surface area contributed by atoms with Gasteiger partial charge in [-0.15, -0.1) is 0 Å². The van der Waals surface area contributed by atoms with Gasteiger partial charge < -0.3 is 5.32 Å². The summed E-state index contributed by atoms with van der Waals surface area (Å²) in [4.78, 5) is 16.0. The van der Waals surface area contributed by atoms with Crippen molar-refractivity contribution in [3.05, 3.63) is 53.2 Å². The molecule has 0 saturated heterocycles. The Balaban J connectivity index is 2.16. The van der Waals surface area contributed by atoms with Gasteiger partial charge in [-0.1, -0.05) is 18.5 Å². The van der Waals surface area contributed by atoms with Crippen molar-refractivity contribution in [3.8, 4) is 0 Å². The average Bonchev–Trinajstić information content (AvgIpc) is 2.56. The lowest BCUT2D eigenvalue weighted by molar-refractivity contribution is 0.102. The second-order valence-electron chi connectivity index (χ2n) is 5.11. The van der Waals surface area contributed by atoms with Crippen LogP contribution in [0.25, 0.3) is 0 Å². The highest BCUT2D eigenvalue weighted by molar-refractivity contribution is 7.92. The smallest absolute Gasteiger partial charge is 0.257 e. The minimum absolute atomic E-state index is 0.0186. The summed E-state index contributed by atoms with van der Waals surface area (Å²) in [7, 11) is -3.45. The van der Waals surface area contributed by atoms with Crippen LogP contribution < -0.4 is 5.32 Å². The van der Waals surface area contributed by atoms with E-state index >= 15 is 0 Å². The van der Waals surface area contributed by atoms with Crippen molar-refractivity contribution in [3.63, 3.8) is 0 Å². The summed E-state index contributed by atoms with van der Waals surface area (Å²) in [5.74, 6) is -0.368. The van der Waals surface area contributed by atoms with Gasteiger partial charge in [0.25, 0.3) is 5.91 Å². The van der Waals surface area contributed by atoms with Crippen LogP contribution in [0.3, 0.4) is 0 Å². The third kappa shape index (κ3) is 4.09. The van der Waals surface area contributed by atoms with E-state index in [2.05, 4.69) is 10.3 Å². The SMILES string of the molecule is CCC(C)S(=O)(=O)c1ccc(C(=O)Nc2ccc(Cl)cc2)cn1. The molecule has 1 amide bonds. The summed E-state index contributed by atoms with van der Waals surface area (Å²) in [6, 6.07) is 9.49. The Bertz CT molecular complexity index is 787. The number of sulfone groups is 1. The normalized spacial score (nSPS) is 12.7. The van der Waals surface area contributed by atoms with E-state index in [1.807, 2.05) is 0 Å². The molecule has 0 saturated carbocycles. The van der Waals surface area contributed by atoms with E-state index in [9.17, 15) is 13.2 Å². The monoisotopic (exact) mass is 352 g/mol. The van der Waals surface area contributed by atoms with Crippen LogP contribution in [-0.4, -0.2) is 24.6 Å². The Labute approximate surface area is 140 Å². The zero-order chi connectivity index (χ0) is 17.0. The van der Waals surface area contributed by atoms with E-state index in [1.54, 1.807) is 38.1 Å². The topological polar surface area (TPSA) is 76.1 Å². The molecule has 122 valence electrons. The molecule has 2 aromatic rings. The van der Waals surface area contributed by atoms with Crippen molar-refractivity contribution in [1.29, 1.82) is 0 Å². The van der Waals surface area contributed by atoms with Crippen molar-refractivity contribution in [2.45, 2.75) is 30.5 Å². The molecule has 1 aromatic heterocycles. The third-order valence-electron chi connectivity index (χ3n) is 3.50. The van der Waals surface area contributed by atoms with Gasteiger partial charge >= 0.3 is 0 Å². The minimum Gasteiger partial charge on any atom is -0.322 e. The number of hydrogen-bond acceptors (Lipinski definition) is 4. The molecule has 0 aliphatic rings. The minimum atomic E-state index is -3.45. The number of carbonyl (C=O) groups is 1. The molecular formula is C16H17ClN2O3S. The predicted octanol–water partition coefficient (Wildman–Crippen LogP) is 3.56. The fourth-order valence-corrected chi connectivity index (χ4v) is 3.28. The van der Waals surface area contributed by atoms with Gasteiger partial charge in [0.05, 0.1) is 10.8 Å². The number of halogens is 1. The van der Waals surface area contributed by atoms with Crippen molar-refractivity contribution in [1.82, 2.24) is 4.98 Å². The maximum Gasteiger partial charge on any atom is 0.257 e. The largest absolute Gasteiger partial charge is 0.322 e. The number of nitrogens with one attached hydrogen (secondary N) is 1. The molecule has 2 rings (SSSR count). The van der Waals surface area contributed by atoms with Gasteiger partial charge in [0.1, 0.15) is 0 Å². The van der Waals surface area contributed by atoms with Crippen molar-refractivity contribution in [2.75, 3.05) is 5.32 Å². The fraction of sp³-hybridized carbons (Fsp3) is 0.250. The van der Waals surface area contributed by atoms with Crippen LogP contribution in [0.4, 0.5) is 5.69 Å². The lowest BCUT2D eigenvalue weighted by Gasteiger charge is -2.10. The Morgan fingerprint density at radius 3 is 2.39 bits per heavy atom. The maximum atomic E-state index is 12.2. The van der Waals surface area contributed by atoms with Crippen LogP contribution in [0.15, 0.2) is 47.6 Å². The lowest BCUT2D eigenvalue weighted by Crippen LogP contribution is -2.19. The summed E-state index contributed by atoms with van der Waals surface area (Å²) in [5.41, 5.74) is 0.874. The number of rotatable bonds is 5. The highest BCUT2D eigenvalue weighted by atomic mass is 35.5. The van der Waals surface area contributed by atoms with Crippen molar-refractivity contribution in [2.24, 2.45) is 0 Å². The van der Waals surface area contributed by atoms with Crippen LogP contribution >= 0.6 is 11.6 Å². The molecule has 0 bridgehead atoms. The van der Waals surface area contributed by atoms with Crippen molar-refractivity contribution >= 4 is 33.0 Å². The Morgan fingerprint density at radius 2 is 1.87 bits per heavy atom. The zero-order valence-electron chi connectivity index (χ0n) is 12.8. The van der Waals surface area contributed by atoms with Gasteiger partial charge in [-0.2, -0.15) is 0 Å². The number of carbonyl (C=O) groups excluding carboxylic acids is 1. The maximum absolute atomic E-state index is 12.2. The first-order valence-electron chi connectivity index (χ1n) is 7.11. The number of anilines is 1. The summed E-state index contributed by atoms with van der Waals surface area (Å²) >= 11 is 5.78. The summed E-state index contributed by atoms with van der Waals surface area (Å²) in [6.07, 6.45) is 1.77. The van der Waals surface area contributed by atoms with E-state index in [0.717, 1.165) is 0 Å². The first-order valence-corrected chi connectivity index (χ1v) is 9.04. The van der Waals surface area contributed by atoms with Crippen molar-refractivity contribution < 1.29 is 13.2 Å². The summed E-state index contributed by atoms with van der Waals surface area (Å²) in [5, 5.41) is 2.73. The second-order valence-corrected chi connectivity index (χ2v) is 7.86. The predicted molar refractivity (Wildman–Crippen MR) is 90.6 cm³/mol. The molecule has 0 spiro atoms. The zero-order valence-corrected chi connectivity index (χ0v) is 14.4. The van der Waals surface area contributed by atoms with E-state index in [4.69, 9.17) is 11.6 Å². The van der Waals surface area contributed by atoms with Crippen LogP contribution in [0.1, 0.15) is 30.6 Å². The molecule has 0 fully saturated rings. The molecule has 1 unspecified atom stereocenters. The molecule has 1 N–H and O–H groups in total. The van der Waals surface area contributed by atoms with Crippen LogP contribution in [0.5, 0.6) is 0 Å². The quantitative estimate of drug-likeness (QED) is 0.892. The van der Waals surface area contributed by atoms with Gasteiger partial charge in [0.15, 0.2) is 14.9 Å². The average molecular weight is 353 g/mol. The summed E-state index contributed by atoms with van der Waals surface area (Å²) in [6.45, 7) is 3.44. The Hall–Kier alpha value is -1.92. The van der Waals surface area contributed by atoms with E-state index < -0.39 is 15.1 Å². The number of hydrogen-bond donors (Lipinski definition) is 1. The number of nitrogens with zero attached hydrogens (tertiary/aromatic N) is 1. The van der Waals surface area contributed by atoms with Gasteiger partial charge in [-0.05, 0) is 49.7 Å². The molecule has 0 radical (unpaired) electrons. The third-order valence-corrected chi connectivity index (χ3v) is 5.97. The number of amides is 1. The lowest BCUT2D eigenvalue weighted by atomic mass is 10.2. The van der Waals surface area contributed by atoms with E-state index in [-0.39, 0.29) is 16.5 Å². The first-order chi connectivity index (χ1) is 10.8. The standard InChI is InChI=1S/C16H17ClN2O3S/c1-3-11(2)23(21,22)15-9-4-12(10-18-15)16(20)19-14-7-5-13(17)6-8-14/h4-11H,3H2,1-2H3,(H,19,20). The summed E-state index contributed by atoms with van der Waals surface area (Å²) < 4.78 is 24.4. The van der Waals surface area contributed by atoms with Crippen LogP contribution in [-0.2, 0) is 9.84 Å². The highest BCUT2D eigenvalue weighted by Crippen LogP contribution is 2.17. The Morgan fingerprint density at radius 1 is 1.22 bits per heavy atom.